The number of rotatable bonds is 12. The molecule has 4 aromatic rings. The van der Waals surface area contributed by atoms with E-state index in [1.807, 2.05) is 109 Å². The Kier molecular flexibility index (Phi) is 9.94. The van der Waals surface area contributed by atoms with Gasteiger partial charge in [0, 0.05) is 0 Å². The molecule has 0 atom stereocenters. The SMILES string of the molecule is C=COCCN(/N=C(\C)N1c2ccccc2N(/C(C)=N/N(CCOC=C)c2ccccc2)c2ccccc21)c1ccccc1. The van der Waals surface area contributed by atoms with Crippen molar-refractivity contribution in [1.29, 1.82) is 0 Å². The van der Waals surface area contributed by atoms with Crippen LogP contribution in [-0.2, 0) is 9.47 Å². The lowest BCUT2D eigenvalue weighted by Crippen LogP contribution is -2.37. The number of hydrazone groups is 2. The molecule has 0 fully saturated rings. The minimum Gasteiger partial charge on any atom is -0.500 e. The standard InChI is InChI=1S/C36H38N6O2/c1-5-43-27-25-39(31-17-9-7-10-18-31)37-29(3)41-33-21-13-15-23-35(33)42(36-24-16-14-22-34(36)41)30(4)38-40(26-28-44-6-2)32-19-11-8-12-20-32/h5-24H,1-2,25-28H2,3-4H3/b37-29+,38-30+. The summed E-state index contributed by atoms with van der Waals surface area (Å²) in [7, 11) is 0. The van der Waals surface area contributed by atoms with Crippen molar-refractivity contribution in [3.05, 3.63) is 135 Å². The Bertz CT molecular complexity index is 1440. The molecule has 8 heteroatoms. The van der Waals surface area contributed by atoms with Crippen molar-refractivity contribution in [2.75, 3.05) is 46.1 Å². The second kappa shape index (κ2) is 14.6. The van der Waals surface area contributed by atoms with Gasteiger partial charge in [0.1, 0.15) is 24.9 Å². The maximum absolute atomic E-state index is 5.46. The van der Waals surface area contributed by atoms with E-state index in [9.17, 15) is 0 Å². The first-order valence-electron chi connectivity index (χ1n) is 14.6. The van der Waals surface area contributed by atoms with E-state index >= 15 is 0 Å². The third-order valence-corrected chi connectivity index (χ3v) is 7.09. The minimum absolute atomic E-state index is 0.460. The smallest absolute Gasteiger partial charge is 0.131 e. The van der Waals surface area contributed by atoms with E-state index in [1.54, 1.807) is 0 Å². The van der Waals surface area contributed by atoms with E-state index in [-0.39, 0.29) is 0 Å². The summed E-state index contributed by atoms with van der Waals surface area (Å²) in [5.41, 5.74) is 5.95. The largest absolute Gasteiger partial charge is 0.500 e. The molecular weight excluding hydrogens is 548 g/mol. The van der Waals surface area contributed by atoms with Gasteiger partial charge in [0.05, 0.1) is 59.7 Å². The lowest BCUT2D eigenvalue weighted by Gasteiger charge is -2.40. The molecule has 0 amide bonds. The zero-order chi connectivity index (χ0) is 30.7. The van der Waals surface area contributed by atoms with Gasteiger partial charge in [0.2, 0.25) is 0 Å². The number of hydrogen-bond donors (Lipinski definition) is 0. The van der Waals surface area contributed by atoms with Gasteiger partial charge in [-0.2, -0.15) is 10.2 Å². The Labute approximate surface area is 260 Å². The second-order valence-electron chi connectivity index (χ2n) is 9.93. The lowest BCUT2D eigenvalue weighted by molar-refractivity contribution is 0.258. The Balaban J connectivity index is 1.57. The molecule has 4 aromatic carbocycles. The predicted octanol–water partition coefficient (Wildman–Crippen LogP) is 8.28. The third kappa shape index (κ3) is 6.76. The summed E-state index contributed by atoms with van der Waals surface area (Å²) in [6, 6.07) is 36.9. The molecule has 1 aliphatic rings. The molecule has 44 heavy (non-hydrogen) atoms. The van der Waals surface area contributed by atoms with Gasteiger partial charge in [0.25, 0.3) is 0 Å². The number of amidine groups is 2. The monoisotopic (exact) mass is 586 g/mol. The zero-order valence-corrected chi connectivity index (χ0v) is 25.3. The van der Waals surface area contributed by atoms with E-state index in [0.717, 1.165) is 45.8 Å². The number of nitrogens with zero attached hydrogens (tertiary/aromatic N) is 6. The van der Waals surface area contributed by atoms with Gasteiger partial charge in [-0.15, -0.1) is 0 Å². The summed E-state index contributed by atoms with van der Waals surface area (Å²) < 4.78 is 10.9. The highest BCUT2D eigenvalue weighted by Crippen LogP contribution is 2.48. The Morgan fingerprint density at radius 2 is 0.886 bits per heavy atom. The van der Waals surface area contributed by atoms with Gasteiger partial charge in [-0.05, 0) is 62.4 Å². The van der Waals surface area contributed by atoms with Crippen LogP contribution >= 0.6 is 0 Å². The molecule has 0 aromatic heterocycles. The van der Waals surface area contributed by atoms with Crippen molar-refractivity contribution >= 4 is 45.8 Å². The summed E-state index contributed by atoms with van der Waals surface area (Å²) in [5, 5.41) is 14.2. The van der Waals surface area contributed by atoms with Gasteiger partial charge in [-0.1, -0.05) is 73.8 Å². The van der Waals surface area contributed by atoms with Crippen molar-refractivity contribution in [2.24, 2.45) is 10.2 Å². The normalized spacial score (nSPS) is 12.6. The third-order valence-electron chi connectivity index (χ3n) is 7.09. The Morgan fingerprint density at radius 1 is 0.568 bits per heavy atom. The number of anilines is 6. The van der Waals surface area contributed by atoms with Crippen LogP contribution in [0.25, 0.3) is 0 Å². The first-order valence-corrected chi connectivity index (χ1v) is 14.6. The maximum atomic E-state index is 5.46. The molecule has 224 valence electrons. The van der Waals surface area contributed by atoms with Crippen molar-refractivity contribution in [3.8, 4) is 0 Å². The quantitative estimate of drug-likeness (QED) is 0.0548. The summed E-state index contributed by atoms with van der Waals surface area (Å²) in [5.74, 6) is 1.63. The van der Waals surface area contributed by atoms with Gasteiger partial charge < -0.3 is 9.47 Å². The van der Waals surface area contributed by atoms with Crippen LogP contribution in [0.15, 0.2) is 145 Å². The topological polar surface area (TPSA) is 56.1 Å². The van der Waals surface area contributed by atoms with Crippen LogP contribution < -0.4 is 19.8 Å². The van der Waals surface area contributed by atoms with Gasteiger partial charge in [0.15, 0.2) is 0 Å². The first kappa shape index (κ1) is 30.0. The van der Waals surface area contributed by atoms with Crippen molar-refractivity contribution < 1.29 is 9.47 Å². The molecule has 0 spiro atoms. The highest BCUT2D eigenvalue weighted by molar-refractivity contribution is 6.18. The minimum atomic E-state index is 0.460. The molecule has 1 aliphatic heterocycles. The van der Waals surface area contributed by atoms with Gasteiger partial charge in [-0.25, -0.2) is 0 Å². The molecule has 0 radical (unpaired) electrons. The summed E-state index contributed by atoms with van der Waals surface area (Å²) in [4.78, 5) is 4.40. The summed E-state index contributed by atoms with van der Waals surface area (Å²) >= 11 is 0. The summed E-state index contributed by atoms with van der Waals surface area (Å²) in [6.07, 6.45) is 2.92. The molecule has 1 heterocycles. The predicted molar refractivity (Wildman–Crippen MR) is 183 cm³/mol. The number of ether oxygens (including phenoxy) is 2. The van der Waals surface area contributed by atoms with Crippen LogP contribution in [0.4, 0.5) is 34.1 Å². The van der Waals surface area contributed by atoms with E-state index in [1.165, 1.54) is 12.5 Å². The van der Waals surface area contributed by atoms with Gasteiger partial charge >= 0.3 is 0 Å². The Morgan fingerprint density at radius 3 is 1.20 bits per heavy atom. The highest BCUT2D eigenvalue weighted by atomic mass is 16.5. The fourth-order valence-corrected chi connectivity index (χ4v) is 5.20. The van der Waals surface area contributed by atoms with Crippen LogP contribution in [0, 0.1) is 0 Å². The van der Waals surface area contributed by atoms with Crippen LogP contribution in [-0.4, -0.2) is 38.0 Å². The molecule has 0 aliphatic carbocycles. The molecular formula is C36H38N6O2. The van der Waals surface area contributed by atoms with Crippen LogP contribution in [0.2, 0.25) is 0 Å². The molecule has 0 saturated heterocycles. The highest BCUT2D eigenvalue weighted by Gasteiger charge is 2.31. The van der Waals surface area contributed by atoms with Gasteiger partial charge in [-0.3, -0.25) is 19.8 Å². The Hall–Kier alpha value is -5.50. The number of para-hydroxylation sites is 6. The number of hydrogen-bond acceptors (Lipinski definition) is 6. The first-order chi connectivity index (χ1) is 21.6. The zero-order valence-electron chi connectivity index (χ0n) is 25.3. The van der Waals surface area contributed by atoms with Crippen molar-refractivity contribution in [3.63, 3.8) is 0 Å². The molecule has 0 unspecified atom stereocenters. The average Bonchev–Trinajstić information content (AvgIpc) is 3.07. The maximum Gasteiger partial charge on any atom is 0.131 e. The lowest BCUT2D eigenvalue weighted by atomic mass is 10.1. The van der Waals surface area contributed by atoms with E-state index in [4.69, 9.17) is 19.7 Å². The van der Waals surface area contributed by atoms with Crippen LogP contribution in [0.5, 0.6) is 0 Å². The summed E-state index contributed by atoms with van der Waals surface area (Å²) in [6.45, 7) is 13.5. The average molecular weight is 587 g/mol. The van der Waals surface area contributed by atoms with E-state index < -0.39 is 0 Å². The van der Waals surface area contributed by atoms with E-state index in [2.05, 4.69) is 47.2 Å². The number of benzene rings is 4. The van der Waals surface area contributed by atoms with Crippen LogP contribution in [0.1, 0.15) is 13.8 Å². The fourth-order valence-electron chi connectivity index (χ4n) is 5.20. The molecule has 0 saturated carbocycles. The molecule has 8 nitrogen and oxygen atoms in total. The fraction of sp³-hybridized carbons (Fsp3) is 0.167. The second-order valence-corrected chi connectivity index (χ2v) is 9.93. The molecule has 0 bridgehead atoms. The van der Waals surface area contributed by atoms with Crippen LogP contribution in [0.3, 0.4) is 0 Å². The number of fused-ring (bicyclic) bond motifs is 2. The van der Waals surface area contributed by atoms with Crippen molar-refractivity contribution in [1.82, 2.24) is 0 Å². The molecule has 0 N–H and O–H groups in total. The van der Waals surface area contributed by atoms with Crippen molar-refractivity contribution in [2.45, 2.75) is 13.8 Å². The van der Waals surface area contributed by atoms with E-state index in [0.29, 0.717) is 26.3 Å². The molecule has 5 rings (SSSR count).